The van der Waals surface area contributed by atoms with Crippen molar-refractivity contribution in [2.24, 2.45) is 28.1 Å². The summed E-state index contributed by atoms with van der Waals surface area (Å²) >= 11 is 0. The molecule has 0 aromatic carbocycles. The van der Waals surface area contributed by atoms with Gasteiger partial charge in [0, 0.05) is 13.7 Å². The molecule has 2 fully saturated rings. The first-order valence-electron chi connectivity index (χ1n) is 6.28. The van der Waals surface area contributed by atoms with Crippen molar-refractivity contribution >= 4 is 0 Å². The molecular weight excluding hydrogens is 184 g/mol. The Labute approximate surface area is 94.6 Å². The summed E-state index contributed by atoms with van der Waals surface area (Å²) in [5, 5.41) is 0. The second kappa shape index (κ2) is 3.00. The molecule has 88 valence electrons. The molecule has 0 aromatic rings. The molecule has 2 bridgehead atoms. The third-order valence-corrected chi connectivity index (χ3v) is 6.49. The average Bonchev–Trinajstić information content (AvgIpc) is 2.40. The van der Waals surface area contributed by atoms with E-state index in [9.17, 15) is 0 Å². The summed E-state index contributed by atoms with van der Waals surface area (Å²) in [5.41, 5.74) is 1.41. The molecule has 1 nitrogen and oxygen atoms in total. The fourth-order valence-electron chi connectivity index (χ4n) is 4.81. The second-order valence-corrected chi connectivity index (χ2v) is 6.98. The fourth-order valence-corrected chi connectivity index (χ4v) is 4.81. The topological polar surface area (TPSA) is 9.23 Å². The van der Waals surface area contributed by atoms with E-state index in [0.29, 0.717) is 16.2 Å². The summed E-state index contributed by atoms with van der Waals surface area (Å²) < 4.78 is 5.45. The van der Waals surface area contributed by atoms with Gasteiger partial charge in [0.15, 0.2) is 0 Å². The Morgan fingerprint density at radius 1 is 1.07 bits per heavy atom. The van der Waals surface area contributed by atoms with Crippen LogP contribution in [-0.2, 0) is 4.74 Å². The first-order valence-corrected chi connectivity index (χ1v) is 6.28. The summed E-state index contributed by atoms with van der Waals surface area (Å²) in [6.45, 7) is 13.3. The summed E-state index contributed by atoms with van der Waals surface area (Å²) in [6.07, 6.45) is 2.80. The molecule has 2 rings (SSSR count). The molecule has 15 heavy (non-hydrogen) atoms. The molecule has 1 heteroatoms. The Bertz CT molecular complexity index is 267. The Kier molecular flexibility index (Phi) is 2.29. The zero-order chi connectivity index (χ0) is 11.5. The first kappa shape index (κ1) is 11.4. The number of ether oxygens (including phenoxy) is 1. The molecule has 2 aliphatic carbocycles. The molecule has 0 aromatic heterocycles. The highest BCUT2D eigenvalue weighted by atomic mass is 16.5. The summed E-state index contributed by atoms with van der Waals surface area (Å²) in [7, 11) is 1.84. The molecule has 0 spiro atoms. The Morgan fingerprint density at radius 3 is 2.07 bits per heavy atom. The largest absolute Gasteiger partial charge is 0.384 e. The summed E-state index contributed by atoms with van der Waals surface area (Å²) in [5.74, 6) is 1.61. The molecule has 0 saturated heterocycles. The molecule has 0 aliphatic heterocycles. The van der Waals surface area contributed by atoms with E-state index in [1.54, 1.807) is 0 Å². The normalized spacial score (nSPS) is 46.0. The molecular formula is C14H26O. The van der Waals surface area contributed by atoms with Gasteiger partial charge in [-0.25, -0.2) is 0 Å². The molecule has 0 amide bonds. The van der Waals surface area contributed by atoms with Crippen molar-refractivity contribution in [2.75, 3.05) is 13.7 Å². The van der Waals surface area contributed by atoms with Gasteiger partial charge in [0.25, 0.3) is 0 Å². The smallest absolute Gasteiger partial charge is 0.0498 e. The minimum atomic E-state index is 0.426. The van der Waals surface area contributed by atoms with Crippen molar-refractivity contribution in [1.29, 1.82) is 0 Å². The van der Waals surface area contributed by atoms with E-state index >= 15 is 0 Å². The van der Waals surface area contributed by atoms with Crippen LogP contribution in [0.25, 0.3) is 0 Å². The van der Waals surface area contributed by atoms with E-state index in [1.165, 1.54) is 12.8 Å². The molecule has 0 radical (unpaired) electrons. The maximum absolute atomic E-state index is 5.45. The van der Waals surface area contributed by atoms with Gasteiger partial charge in [0.1, 0.15) is 0 Å². The van der Waals surface area contributed by atoms with E-state index < -0.39 is 0 Å². The van der Waals surface area contributed by atoms with Crippen LogP contribution in [0, 0.1) is 28.1 Å². The molecule has 2 aliphatic rings. The zero-order valence-electron chi connectivity index (χ0n) is 11.2. The highest BCUT2D eigenvalue weighted by Gasteiger charge is 2.69. The first-order chi connectivity index (χ1) is 6.79. The van der Waals surface area contributed by atoms with Crippen molar-refractivity contribution in [3.8, 4) is 0 Å². The van der Waals surface area contributed by atoms with Gasteiger partial charge in [-0.2, -0.15) is 0 Å². The van der Waals surface area contributed by atoms with Crippen molar-refractivity contribution in [3.05, 3.63) is 0 Å². The predicted molar refractivity (Wildman–Crippen MR) is 63.8 cm³/mol. The molecule has 2 unspecified atom stereocenters. The molecule has 3 atom stereocenters. The number of hydrogen-bond donors (Lipinski definition) is 0. The van der Waals surface area contributed by atoms with Gasteiger partial charge in [-0.3, -0.25) is 0 Å². The van der Waals surface area contributed by atoms with E-state index in [1.807, 2.05) is 7.11 Å². The van der Waals surface area contributed by atoms with Crippen LogP contribution in [-0.4, -0.2) is 13.7 Å². The van der Waals surface area contributed by atoms with Crippen LogP contribution in [0.15, 0.2) is 0 Å². The zero-order valence-corrected chi connectivity index (χ0v) is 11.2. The minimum absolute atomic E-state index is 0.426. The van der Waals surface area contributed by atoms with Gasteiger partial charge in [-0.1, -0.05) is 34.6 Å². The third kappa shape index (κ3) is 1.08. The fraction of sp³-hybridized carbons (Fsp3) is 1.00. The predicted octanol–water partition coefficient (Wildman–Crippen LogP) is 3.73. The highest BCUT2D eigenvalue weighted by molar-refractivity contribution is 5.17. The van der Waals surface area contributed by atoms with Crippen molar-refractivity contribution < 1.29 is 4.74 Å². The van der Waals surface area contributed by atoms with Gasteiger partial charge in [-0.15, -0.1) is 0 Å². The standard InChI is InChI=1S/C14H26O/c1-12(2)10-7-8-14(12,5)13(3,4)11(10)9-15-6/h10-11H,7-9H2,1-6H3/t10?,11?,14-/m0/s1. The van der Waals surface area contributed by atoms with Crippen LogP contribution in [0.5, 0.6) is 0 Å². The lowest BCUT2D eigenvalue weighted by molar-refractivity contribution is -0.00916. The summed E-state index contributed by atoms with van der Waals surface area (Å²) in [6, 6.07) is 0. The average molecular weight is 210 g/mol. The van der Waals surface area contributed by atoms with Crippen LogP contribution in [0.1, 0.15) is 47.5 Å². The van der Waals surface area contributed by atoms with Gasteiger partial charge >= 0.3 is 0 Å². The van der Waals surface area contributed by atoms with E-state index in [-0.39, 0.29) is 0 Å². The van der Waals surface area contributed by atoms with Gasteiger partial charge in [-0.05, 0) is 40.9 Å². The Morgan fingerprint density at radius 2 is 1.67 bits per heavy atom. The molecule has 2 saturated carbocycles. The van der Waals surface area contributed by atoms with Gasteiger partial charge in [0.05, 0.1) is 0 Å². The van der Waals surface area contributed by atoms with Crippen molar-refractivity contribution in [2.45, 2.75) is 47.5 Å². The molecule has 0 N–H and O–H groups in total. The second-order valence-electron chi connectivity index (χ2n) is 6.98. The third-order valence-electron chi connectivity index (χ3n) is 6.49. The van der Waals surface area contributed by atoms with Gasteiger partial charge < -0.3 is 4.74 Å². The van der Waals surface area contributed by atoms with Crippen molar-refractivity contribution in [1.82, 2.24) is 0 Å². The van der Waals surface area contributed by atoms with Crippen LogP contribution < -0.4 is 0 Å². The lowest BCUT2D eigenvalue weighted by atomic mass is 9.58. The number of methoxy groups -OCH3 is 1. The molecule has 0 heterocycles. The number of fused-ring (bicyclic) bond motifs is 2. The number of hydrogen-bond acceptors (Lipinski definition) is 1. The maximum Gasteiger partial charge on any atom is 0.0498 e. The quantitative estimate of drug-likeness (QED) is 0.675. The number of rotatable bonds is 2. The van der Waals surface area contributed by atoms with E-state index in [2.05, 4.69) is 34.6 Å². The SMILES string of the molecule is COCC1C2CC[C@@](C)(C2(C)C)C1(C)C. The monoisotopic (exact) mass is 210 g/mol. The highest BCUT2D eigenvalue weighted by Crippen LogP contribution is 2.75. The maximum atomic E-state index is 5.45. The summed E-state index contributed by atoms with van der Waals surface area (Å²) in [4.78, 5) is 0. The van der Waals surface area contributed by atoms with E-state index in [4.69, 9.17) is 4.74 Å². The minimum Gasteiger partial charge on any atom is -0.384 e. The van der Waals surface area contributed by atoms with Crippen LogP contribution in [0.3, 0.4) is 0 Å². The van der Waals surface area contributed by atoms with Crippen LogP contribution in [0.4, 0.5) is 0 Å². The Balaban J connectivity index is 2.41. The van der Waals surface area contributed by atoms with Crippen LogP contribution in [0.2, 0.25) is 0 Å². The van der Waals surface area contributed by atoms with E-state index in [0.717, 1.165) is 18.4 Å². The van der Waals surface area contributed by atoms with Crippen molar-refractivity contribution in [3.63, 3.8) is 0 Å². The lowest BCUT2D eigenvalue weighted by Crippen LogP contribution is -2.41. The van der Waals surface area contributed by atoms with Gasteiger partial charge in [0.2, 0.25) is 0 Å². The lowest BCUT2D eigenvalue weighted by Gasteiger charge is -2.47. The van der Waals surface area contributed by atoms with Crippen LogP contribution >= 0.6 is 0 Å². The Hall–Kier alpha value is -0.0400.